The normalized spacial score (nSPS) is 17.4. The summed E-state index contributed by atoms with van der Waals surface area (Å²) in [6.07, 6.45) is 1.05. The van der Waals surface area contributed by atoms with Gasteiger partial charge in [-0.15, -0.1) is 0 Å². The Labute approximate surface area is 184 Å². The Balaban J connectivity index is 1.48. The average molecular weight is 399 g/mol. The summed E-state index contributed by atoms with van der Waals surface area (Å²) in [5.74, 6) is 0. The summed E-state index contributed by atoms with van der Waals surface area (Å²) in [7, 11) is 0. The number of rotatable bonds is 0. The van der Waals surface area contributed by atoms with Gasteiger partial charge in [-0.25, -0.2) is 0 Å². The molecule has 0 spiro atoms. The molecule has 0 heterocycles. The Kier molecular flexibility index (Phi) is 3.04. The lowest BCUT2D eigenvalue weighted by Crippen LogP contribution is -2.15. The maximum atomic E-state index is 2.51. The predicted molar refractivity (Wildman–Crippen MR) is 130 cm³/mol. The minimum atomic E-state index is 0.0679. The van der Waals surface area contributed by atoms with Crippen molar-refractivity contribution in [1.29, 1.82) is 0 Å². The van der Waals surface area contributed by atoms with E-state index in [1.165, 1.54) is 66.8 Å². The molecule has 31 heavy (non-hydrogen) atoms. The second kappa shape index (κ2) is 5.37. The molecule has 3 aliphatic carbocycles. The van der Waals surface area contributed by atoms with Crippen molar-refractivity contribution in [2.24, 2.45) is 0 Å². The van der Waals surface area contributed by atoms with Crippen LogP contribution in [0.1, 0.15) is 61.1 Å². The van der Waals surface area contributed by atoms with E-state index in [1.54, 1.807) is 0 Å². The first-order chi connectivity index (χ1) is 14.9. The van der Waals surface area contributed by atoms with Gasteiger partial charge < -0.3 is 0 Å². The summed E-state index contributed by atoms with van der Waals surface area (Å²) in [5, 5.41) is 0. The van der Waals surface area contributed by atoms with Crippen LogP contribution in [-0.4, -0.2) is 0 Å². The van der Waals surface area contributed by atoms with E-state index in [4.69, 9.17) is 0 Å². The van der Waals surface area contributed by atoms with Gasteiger partial charge >= 0.3 is 0 Å². The van der Waals surface area contributed by atoms with Gasteiger partial charge in [-0.3, -0.25) is 0 Å². The van der Waals surface area contributed by atoms with Crippen molar-refractivity contribution in [3.63, 3.8) is 0 Å². The van der Waals surface area contributed by atoms with Crippen LogP contribution in [-0.2, 0) is 17.3 Å². The maximum absolute atomic E-state index is 2.51. The zero-order valence-electron chi connectivity index (χ0n) is 18.6. The van der Waals surface area contributed by atoms with E-state index in [1.807, 2.05) is 0 Å². The zero-order valence-corrected chi connectivity index (χ0v) is 18.6. The highest BCUT2D eigenvalue weighted by molar-refractivity contribution is 5.92. The number of hydrogen-bond acceptors (Lipinski definition) is 0. The van der Waals surface area contributed by atoms with E-state index in [9.17, 15) is 0 Å². The van der Waals surface area contributed by atoms with Crippen molar-refractivity contribution in [3.05, 3.63) is 106 Å². The van der Waals surface area contributed by atoms with E-state index < -0.39 is 0 Å². The third kappa shape index (κ3) is 2.01. The molecule has 0 atom stereocenters. The lowest BCUT2D eigenvalue weighted by atomic mass is 9.81. The summed E-state index contributed by atoms with van der Waals surface area (Å²) in [6, 6.07) is 27.9. The van der Waals surface area contributed by atoms with Gasteiger partial charge in [-0.1, -0.05) is 88.4 Å². The molecule has 150 valence electrons. The van der Waals surface area contributed by atoms with Gasteiger partial charge in [-0.05, 0) is 85.3 Å². The molecule has 0 bridgehead atoms. The van der Waals surface area contributed by atoms with Gasteiger partial charge in [0, 0.05) is 10.8 Å². The molecule has 0 amide bonds. The second-order valence-corrected chi connectivity index (χ2v) is 10.6. The molecule has 4 aromatic rings. The molecular weight excluding hydrogens is 372 g/mol. The van der Waals surface area contributed by atoms with Gasteiger partial charge in [-0.2, -0.15) is 0 Å². The molecule has 0 aliphatic heterocycles. The molecule has 0 saturated heterocycles. The predicted octanol–water partition coefficient (Wildman–Crippen LogP) is 7.87. The molecule has 0 nitrogen and oxygen atoms in total. The third-order valence-corrected chi connectivity index (χ3v) is 8.29. The maximum Gasteiger partial charge on any atom is 0.0158 e. The number of hydrogen-bond donors (Lipinski definition) is 0. The van der Waals surface area contributed by atoms with Crippen LogP contribution in [0.3, 0.4) is 0 Å². The van der Waals surface area contributed by atoms with E-state index in [0.29, 0.717) is 0 Å². The Morgan fingerprint density at radius 3 is 1.32 bits per heavy atom. The SMILES string of the molecule is CC1(C)c2ccccc2-c2cc3c(cc21)Cc1cc2c(cc1-3)-c1ccccc1C2(C)C. The van der Waals surface area contributed by atoms with E-state index >= 15 is 0 Å². The molecule has 0 aromatic heterocycles. The quantitative estimate of drug-likeness (QED) is 0.249. The summed E-state index contributed by atoms with van der Waals surface area (Å²) < 4.78 is 0. The lowest BCUT2D eigenvalue weighted by Gasteiger charge is -2.22. The van der Waals surface area contributed by atoms with Crippen molar-refractivity contribution in [3.8, 4) is 33.4 Å². The summed E-state index contributed by atoms with van der Waals surface area (Å²) in [5.41, 5.74) is 17.5. The van der Waals surface area contributed by atoms with Crippen LogP contribution >= 0.6 is 0 Å². The minimum absolute atomic E-state index is 0.0679. The zero-order chi connectivity index (χ0) is 21.1. The topological polar surface area (TPSA) is 0 Å². The van der Waals surface area contributed by atoms with Crippen molar-refractivity contribution in [1.82, 2.24) is 0 Å². The average Bonchev–Trinajstić information content (AvgIpc) is 3.31. The fourth-order valence-electron chi connectivity index (χ4n) is 6.58. The largest absolute Gasteiger partial charge is 0.0619 e. The Bertz CT molecular complexity index is 1330. The molecule has 4 aromatic carbocycles. The monoisotopic (exact) mass is 398 g/mol. The van der Waals surface area contributed by atoms with Crippen LogP contribution in [0.25, 0.3) is 33.4 Å². The standard InChI is InChI=1S/C31H26/c1-30(2)26-11-7-5-9-20(26)24-16-22-18(14-28(24)30)13-19-15-29-25(17-23(19)22)21-10-6-8-12-27(21)31(29,3)4/h5-12,14-17H,13H2,1-4H3. The first-order valence-electron chi connectivity index (χ1n) is 11.4. The number of benzene rings is 4. The highest BCUT2D eigenvalue weighted by Gasteiger charge is 2.39. The van der Waals surface area contributed by atoms with Crippen LogP contribution in [0.4, 0.5) is 0 Å². The second-order valence-electron chi connectivity index (χ2n) is 10.6. The van der Waals surface area contributed by atoms with Crippen LogP contribution in [0.2, 0.25) is 0 Å². The molecule has 0 saturated carbocycles. The highest BCUT2D eigenvalue weighted by atomic mass is 14.4. The molecule has 0 N–H and O–H groups in total. The van der Waals surface area contributed by atoms with E-state index in [0.717, 1.165) is 6.42 Å². The molecule has 0 radical (unpaired) electrons. The molecule has 0 fully saturated rings. The van der Waals surface area contributed by atoms with Crippen LogP contribution < -0.4 is 0 Å². The van der Waals surface area contributed by atoms with Crippen molar-refractivity contribution in [2.75, 3.05) is 0 Å². The van der Waals surface area contributed by atoms with E-state index in [2.05, 4.69) is 100 Å². The summed E-state index contributed by atoms with van der Waals surface area (Å²) in [4.78, 5) is 0. The van der Waals surface area contributed by atoms with Gasteiger partial charge in [0.1, 0.15) is 0 Å². The van der Waals surface area contributed by atoms with Gasteiger partial charge in [0.2, 0.25) is 0 Å². The lowest BCUT2D eigenvalue weighted by molar-refractivity contribution is 0.659. The summed E-state index contributed by atoms with van der Waals surface area (Å²) in [6.45, 7) is 9.50. The first kappa shape index (κ1) is 17.5. The van der Waals surface area contributed by atoms with Crippen LogP contribution in [0, 0.1) is 0 Å². The van der Waals surface area contributed by atoms with Crippen molar-refractivity contribution < 1.29 is 0 Å². The fraction of sp³-hybridized carbons (Fsp3) is 0.226. The van der Waals surface area contributed by atoms with Crippen LogP contribution in [0.5, 0.6) is 0 Å². The Hall–Kier alpha value is -3.12. The number of fused-ring (bicyclic) bond motifs is 9. The summed E-state index contributed by atoms with van der Waals surface area (Å²) >= 11 is 0. The molecule has 7 rings (SSSR count). The Morgan fingerprint density at radius 2 is 0.871 bits per heavy atom. The van der Waals surface area contributed by atoms with Gasteiger partial charge in [0.05, 0.1) is 0 Å². The first-order valence-corrected chi connectivity index (χ1v) is 11.4. The van der Waals surface area contributed by atoms with E-state index in [-0.39, 0.29) is 10.8 Å². The fourth-order valence-corrected chi connectivity index (χ4v) is 6.58. The van der Waals surface area contributed by atoms with Crippen molar-refractivity contribution in [2.45, 2.75) is 44.9 Å². The van der Waals surface area contributed by atoms with Gasteiger partial charge in [0.25, 0.3) is 0 Å². The molecule has 0 heteroatoms. The van der Waals surface area contributed by atoms with Gasteiger partial charge in [0.15, 0.2) is 0 Å². The van der Waals surface area contributed by atoms with Crippen molar-refractivity contribution >= 4 is 0 Å². The molecular formula is C31H26. The molecule has 3 aliphatic rings. The van der Waals surface area contributed by atoms with Crippen LogP contribution in [0.15, 0.2) is 72.8 Å². The highest BCUT2D eigenvalue weighted by Crippen LogP contribution is 2.55. The smallest absolute Gasteiger partial charge is 0.0158 e. The minimum Gasteiger partial charge on any atom is -0.0619 e. The molecule has 0 unspecified atom stereocenters. The third-order valence-electron chi connectivity index (χ3n) is 8.29. The Morgan fingerprint density at radius 1 is 0.452 bits per heavy atom.